The first-order valence-electron chi connectivity index (χ1n) is 10.8. The number of Topliss-reactive ketones (excluding diaryl/α,β-unsaturated/α-hetero) is 1. The number of carbonyl (C=O) groups excluding carboxylic acids is 3. The maximum atomic E-state index is 12.7. The van der Waals surface area contributed by atoms with Crippen LogP contribution in [0.3, 0.4) is 0 Å². The lowest BCUT2D eigenvalue weighted by Crippen LogP contribution is -2.58. The maximum absolute atomic E-state index is 12.7. The topological polar surface area (TPSA) is 91.7 Å². The smallest absolute Gasteiger partial charge is 0.162 e. The van der Waals surface area contributed by atoms with Crippen LogP contribution in [-0.4, -0.2) is 40.8 Å². The van der Waals surface area contributed by atoms with E-state index in [9.17, 15) is 24.6 Å². The van der Waals surface area contributed by atoms with E-state index in [0.717, 1.165) is 44.0 Å². The molecule has 5 nitrogen and oxygen atoms in total. The molecule has 0 saturated heterocycles. The van der Waals surface area contributed by atoms with Crippen molar-refractivity contribution in [3.8, 4) is 0 Å². The normalized spacial score (nSPS) is 47.6. The first kappa shape index (κ1) is 20.0. The largest absolute Gasteiger partial charge is 0.393 e. The molecule has 0 heterocycles. The molecule has 0 aromatic heterocycles. The lowest BCUT2D eigenvalue weighted by Gasteiger charge is -2.59. The second kappa shape index (κ2) is 6.88. The van der Waals surface area contributed by atoms with Crippen LogP contribution in [0.1, 0.15) is 58.8 Å². The first-order chi connectivity index (χ1) is 13.3. The molecule has 3 fully saturated rings. The number of carbonyl (C=O) groups is 3. The molecule has 4 aliphatic rings. The van der Waals surface area contributed by atoms with Crippen LogP contribution >= 0.6 is 0 Å². The van der Waals surface area contributed by atoms with E-state index < -0.39 is 24.0 Å². The van der Waals surface area contributed by atoms with Gasteiger partial charge in [0.15, 0.2) is 11.6 Å². The van der Waals surface area contributed by atoms with Crippen LogP contribution in [-0.2, 0) is 14.4 Å². The van der Waals surface area contributed by atoms with Gasteiger partial charge >= 0.3 is 0 Å². The number of ketones is 2. The number of aliphatic hydroxyl groups is 2. The number of aliphatic hydroxyl groups excluding tert-OH is 2. The van der Waals surface area contributed by atoms with E-state index in [-0.39, 0.29) is 40.7 Å². The molecule has 0 radical (unpaired) electrons. The van der Waals surface area contributed by atoms with Crippen LogP contribution in [0.25, 0.3) is 0 Å². The number of hydrogen-bond acceptors (Lipinski definition) is 5. The highest BCUT2D eigenvalue weighted by molar-refractivity contribution is 5.91. The van der Waals surface area contributed by atoms with Crippen molar-refractivity contribution in [2.45, 2.75) is 64.9 Å². The third-order valence-corrected chi connectivity index (χ3v) is 8.94. The van der Waals surface area contributed by atoms with Crippen LogP contribution in [0.2, 0.25) is 0 Å². The summed E-state index contributed by atoms with van der Waals surface area (Å²) >= 11 is 0. The van der Waals surface area contributed by atoms with Crippen molar-refractivity contribution in [3.05, 3.63) is 11.6 Å². The minimum Gasteiger partial charge on any atom is -0.393 e. The van der Waals surface area contributed by atoms with Gasteiger partial charge in [0.05, 0.1) is 6.10 Å². The molecule has 0 spiro atoms. The van der Waals surface area contributed by atoms with E-state index >= 15 is 0 Å². The predicted molar refractivity (Wildman–Crippen MR) is 103 cm³/mol. The average Bonchev–Trinajstić information content (AvgIpc) is 3.02. The second-order valence-corrected chi connectivity index (χ2v) is 9.90. The fourth-order valence-corrected chi connectivity index (χ4v) is 7.81. The number of allylic oxidation sites excluding steroid dienone is 1. The van der Waals surface area contributed by atoms with Crippen molar-refractivity contribution < 1.29 is 24.6 Å². The van der Waals surface area contributed by atoms with Crippen LogP contribution in [0.5, 0.6) is 0 Å². The van der Waals surface area contributed by atoms with Crippen molar-refractivity contribution in [2.75, 3.05) is 6.61 Å². The maximum Gasteiger partial charge on any atom is 0.162 e. The Labute approximate surface area is 166 Å². The number of rotatable bonds is 4. The van der Waals surface area contributed by atoms with Gasteiger partial charge in [0.2, 0.25) is 0 Å². The fraction of sp³-hybridized carbons (Fsp3) is 0.783. The second-order valence-electron chi connectivity index (χ2n) is 9.90. The zero-order valence-corrected chi connectivity index (χ0v) is 16.9. The standard InChI is InChI=1S/C23H32O5/c1-3-13-8-17-16-5-4-14-9-15(26)6-7-22(14,2)21(16)18(27)10-23(17,12-25)20(13)19(28)11-24/h9,12-13,16-18,20-21,24,27H,3-8,10-11H2,1-2H3/t13?,16-,17-,18-,20+,21+,22-,23+/m0/s1. The Bertz CT molecular complexity index is 727. The molecule has 2 N–H and O–H groups in total. The molecule has 154 valence electrons. The summed E-state index contributed by atoms with van der Waals surface area (Å²) in [5.74, 6) is -0.206. The zero-order valence-electron chi connectivity index (χ0n) is 16.9. The van der Waals surface area contributed by atoms with E-state index in [1.54, 1.807) is 6.08 Å². The minimum atomic E-state index is -0.858. The highest BCUT2D eigenvalue weighted by Gasteiger charge is 2.66. The van der Waals surface area contributed by atoms with E-state index in [1.807, 2.05) is 6.92 Å². The Morgan fingerprint density at radius 1 is 1.36 bits per heavy atom. The van der Waals surface area contributed by atoms with Gasteiger partial charge in [0.1, 0.15) is 12.9 Å². The van der Waals surface area contributed by atoms with Gasteiger partial charge in [-0.3, -0.25) is 9.59 Å². The molecule has 4 aliphatic carbocycles. The molecular formula is C23H32O5. The summed E-state index contributed by atoms with van der Waals surface area (Å²) in [6, 6.07) is 0. The summed E-state index contributed by atoms with van der Waals surface area (Å²) < 4.78 is 0. The van der Waals surface area contributed by atoms with Gasteiger partial charge in [-0.15, -0.1) is 0 Å². The summed E-state index contributed by atoms with van der Waals surface area (Å²) in [5.41, 5.74) is 0.102. The first-order valence-corrected chi connectivity index (χ1v) is 10.8. The summed E-state index contributed by atoms with van der Waals surface area (Å²) in [5, 5.41) is 20.9. The summed E-state index contributed by atoms with van der Waals surface area (Å²) in [4.78, 5) is 37.1. The molecule has 28 heavy (non-hydrogen) atoms. The minimum absolute atomic E-state index is 0.0270. The third kappa shape index (κ3) is 2.55. The van der Waals surface area contributed by atoms with E-state index in [0.29, 0.717) is 12.8 Å². The van der Waals surface area contributed by atoms with Gasteiger partial charge in [0.25, 0.3) is 0 Å². The van der Waals surface area contributed by atoms with E-state index in [4.69, 9.17) is 0 Å². The molecular weight excluding hydrogens is 356 g/mol. The van der Waals surface area contributed by atoms with Gasteiger partial charge in [0, 0.05) is 17.8 Å². The number of aldehydes is 1. The Balaban J connectivity index is 1.77. The van der Waals surface area contributed by atoms with Crippen molar-refractivity contribution in [3.63, 3.8) is 0 Å². The van der Waals surface area contributed by atoms with Gasteiger partial charge in [-0.05, 0) is 67.3 Å². The van der Waals surface area contributed by atoms with E-state index in [2.05, 4.69) is 6.92 Å². The molecule has 3 saturated carbocycles. The van der Waals surface area contributed by atoms with Crippen LogP contribution in [0.4, 0.5) is 0 Å². The molecule has 0 bridgehead atoms. The van der Waals surface area contributed by atoms with Crippen molar-refractivity contribution >= 4 is 17.9 Å². The Hall–Kier alpha value is -1.33. The molecule has 1 unspecified atom stereocenters. The quantitative estimate of drug-likeness (QED) is 0.722. The predicted octanol–water partition coefficient (Wildman–Crippen LogP) is 2.48. The molecule has 0 aromatic rings. The highest BCUT2D eigenvalue weighted by Crippen LogP contribution is 2.67. The summed E-state index contributed by atoms with van der Waals surface area (Å²) in [7, 11) is 0. The monoisotopic (exact) mass is 388 g/mol. The third-order valence-electron chi connectivity index (χ3n) is 8.94. The lowest BCUT2D eigenvalue weighted by atomic mass is 9.45. The Morgan fingerprint density at radius 3 is 2.75 bits per heavy atom. The molecule has 0 aromatic carbocycles. The van der Waals surface area contributed by atoms with Crippen molar-refractivity contribution in [1.29, 1.82) is 0 Å². The fourth-order valence-electron chi connectivity index (χ4n) is 7.81. The van der Waals surface area contributed by atoms with Gasteiger partial charge < -0.3 is 15.0 Å². The van der Waals surface area contributed by atoms with Crippen molar-refractivity contribution in [2.24, 2.45) is 40.4 Å². The van der Waals surface area contributed by atoms with Crippen LogP contribution < -0.4 is 0 Å². The molecule has 0 amide bonds. The lowest BCUT2D eigenvalue weighted by molar-refractivity contribution is -0.158. The molecule has 5 heteroatoms. The van der Waals surface area contributed by atoms with Gasteiger partial charge in [-0.25, -0.2) is 0 Å². The number of hydrogen-bond donors (Lipinski definition) is 2. The van der Waals surface area contributed by atoms with Crippen LogP contribution in [0.15, 0.2) is 11.6 Å². The molecule has 4 rings (SSSR count). The SMILES string of the molecule is CCC1C[C@H]2[C@@H]3CCC4=CC(=O)CC[C@]4(C)[C@H]3[C@@H](O)C[C@]2(C=O)[C@H]1C(=O)CO. The number of fused-ring (bicyclic) bond motifs is 5. The summed E-state index contributed by atoms with van der Waals surface area (Å²) in [6.07, 6.45) is 6.95. The van der Waals surface area contributed by atoms with E-state index in [1.165, 1.54) is 0 Å². The van der Waals surface area contributed by atoms with Crippen LogP contribution in [0, 0.1) is 40.4 Å². The highest BCUT2D eigenvalue weighted by atomic mass is 16.3. The average molecular weight is 389 g/mol. The van der Waals surface area contributed by atoms with Gasteiger partial charge in [-0.1, -0.05) is 25.8 Å². The Morgan fingerprint density at radius 2 is 2.11 bits per heavy atom. The zero-order chi connectivity index (χ0) is 20.3. The molecule has 8 atom stereocenters. The summed E-state index contributed by atoms with van der Waals surface area (Å²) in [6.45, 7) is 3.68. The molecule has 0 aliphatic heterocycles. The van der Waals surface area contributed by atoms with Crippen molar-refractivity contribution in [1.82, 2.24) is 0 Å². The Kier molecular flexibility index (Phi) is 4.90. The van der Waals surface area contributed by atoms with Gasteiger partial charge in [-0.2, -0.15) is 0 Å².